The Morgan fingerprint density at radius 1 is 1.41 bits per heavy atom. The van der Waals surface area contributed by atoms with Gasteiger partial charge in [-0.1, -0.05) is 30.3 Å². The van der Waals surface area contributed by atoms with E-state index in [1.54, 1.807) is 0 Å². The summed E-state index contributed by atoms with van der Waals surface area (Å²) in [5, 5.41) is 3.27. The van der Waals surface area contributed by atoms with Crippen LogP contribution in [0.2, 0.25) is 0 Å². The molecule has 92 valence electrons. The molecule has 1 aliphatic rings. The Hall–Kier alpha value is -1.35. The fourth-order valence-corrected chi connectivity index (χ4v) is 2.41. The quantitative estimate of drug-likeness (QED) is 0.805. The first-order valence-electron chi connectivity index (χ1n) is 6.19. The molecule has 1 heterocycles. The Morgan fingerprint density at radius 2 is 2.18 bits per heavy atom. The van der Waals surface area contributed by atoms with Crippen molar-refractivity contribution in [3.63, 3.8) is 0 Å². The first-order valence-corrected chi connectivity index (χ1v) is 6.19. The zero-order chi connectivity index (χ0) is 12.1. The highest BCUT2D eigenvalue weighted by atomic mass is 16.5. The molecule has 1 saturated heterocycles. The smallest absolute Gasteiger partial charge is 0.313 e. The van der Waals surface area contributed by atoms with E-state index in [0.717, 1.165) is 25.9 Å². The van der Waals surface area contributed by atoms with Gasteiger partial charge in [0.2, 0.25) is 0 Å². The lowest BCUT2D eigenvalue weighted by Crippen LogP contribution is -2.37. The number of esters is 1. The minimum Gasteiger partial charge on any atom is -0.466 e. The molecule has 0 bridgehead atoms. The largest absolute Gasteiger partial charge is 0.466 e. The highest BCUT2D eigenvalue weighted by Gasteiger charge is 2.42. The molecule has 1 aromatic carbocycles. The number of ether oxygens (including phenoxy) is 1. The minimum absolute atomic E-state index is 0.0612. The Balaban J connectivity index is 2.15. The molecule has 0 aliphatic carbocycles. The summed E-state index contributed by atoms with van der Waals surface area (Å²) in [7, 11) is 0. The van der Waals surface area contributed by atoms with E-state index >= 15 is 0 Å². The number of carbonyl (C=O) groups is 1. The number of rotatable bonds is 4. The lowest BCUT2D eigenvalue weighted by Gasteiger charge is -2.25. The molecule has 0 spiro atoms. The molecular weight excluding hydrogens is 214 g/mol. The molecule has 2 rings (SSSR count). The second-order valence-corrected chi connectivity index (χ2v) is 4.59. The monoisotopic (exact) mass is 233 g/mol. The van der Waals surface area contributed by atoms with Crippen LogP contribution < -0.4 is 5.32 Å². The summed E-state index contributed by atoms with van der Waals surface area (Å²) in [6, 6.07) is 10.2. The van der Waals surface area contributed by atoms with Gasteiger partial charge in [-0.2, -0.15) is 0 Å². The summed E-state index contributed by atoms with van der Waals surface area (Å²) >= 11 is 0. The third kappa shape index (κ3) is 2.67. The highest BCUT2D eigenvalue weighted by Crippen LogP contribution is 2.31. The van der Waals surface area contributed by atoms with Gasteiger partial charge in [0.25, 0.3) is 0 Å². The molecule has 0 radical (unpaired) electrons. The maximum atomic E-state index is 12.1. The molecule has 1 unspecified atom stereocenters. The van der Waals surface area contributed by atoms with Gasteiger partial charge in [0.05, 0.1) is 12.0 Å². The lowest BCUT2D eigenvalue weighted by atomic mass is 9.81. The van der Waals surface area contributed by atoms with Crippen molar-refractivity contribution in [2.45, 2.75) is 19.8 Å². The summed E-state index contributed by atoms with van der Waals surface area (Å²) in [6.07, 6.45) is 1.63. The van der Waals surface area contributed by atoms with Crippen LogP contribution in [0.1, 0.15) is 18.9 Å². The van der Waals surface area contributed by atoms with Crippen LogP contribution in [0, 0.1) is 5.41 Å². The molecule has 1 fully saturated rings. The van der Waals surface area contributed by atoms with Crippen LogP contribution >= 0.6 is 0 Å². The summed E-state index contributed by atoms with van der Waals surface area (Å²) in [4.78, 5) is 12.1. The van der Waals surface area contributed by atoms with E-state index in [4.69, 9.17) is 4.74 Å². The van der Waals surface area contributed by atoms with Crippen molar-refractivity contribution in [1.82, 2.24) is 5.32 Å². The average Bonchev–Trinajstić information content (AvgIpc) is 2.80. The fourth-order valence-electron chi connectivity index (χ4n) is 2.41. The Morgan fingerprint density at radius 3 is 2.76 bits per heavy atom. The van der Waals surface area contributed by atoms with Crippen LogP contribution in [0.15, 0.2) is 30.3 Å². The van der Waals surface area contributed by atoms with E-state index in [-0.39, 0.29) is 11.4 Å². The maximum absolute atomic E-state index is 12.1. The van der Waals surface area contributed by atoms with Crippen LogP contribution in [0.3, 0.4) is 0 Å². The van der Waals surface area contributed by atoms with E-state index in [2.05, 4.69) is 17.4 Å². The van der Waals surface area contributed by atoms with Crippen molar-refractivity contribution in [2.24, 2.45) is 5.41 Å². The van der Waals surface area contributed by atoms with Crippen molar-refractivity contribution in [3.8, 4) is 0 Å². The van der Waals surface area contributed by atoms with Gasteiger partial charge in [0.1, 0.15) is 0 Å². The van der Waals surface area contributed by atoms with Crippen LogP contribution in [-0.2, 0) is 16.0 Å². The summed E-state index contributed by atoms with van der Waals surface area (Å²) in [6.45, 7) is 3.93. The standard InChI is InChI=1S/C14H19NO2/c1-2-17-13(16)14(8-9-15-11-14)10-12-6-4-3-5-7-12/h3-7,15H,2,8-11H2,1H3. The molecule has 0 aromatic heterocycles. The Bertz CT molecular complexity index is 369. The molecular formula is C14H19NO2. The van der Waals surface area contributed by atoms with Gasteiger partial charge in [-0.05, 0) is 31.9 Å². The van der Waals surface area contributed by atoms with Crippen LogP contribution in [0.25, 0.3) is 0 Å². The predicted octanol–water partition coefficient (Wildman–Crippen LogP) is 1.77. The topological polar surface area (TPSA) is 38.3 Å². The van der Waals surface area contributed by atoms with Crippen molar-refractivity contribution >= 4 is 5.97 Å². The van der Waals surface area contributed by atoms with E-state index in [0.29, 0.717) is 6.61 Å². The maximum Gasteiger partial charge on any atom is 0.313 e. The molecule has 1 atom stereocenters. The SMILES string of the molecule is CCOC(=O)C1(Cc2ccccc2)CCNC1. The zero-order valence-electron chi connectivity index (χ0n) is 10.2. The predicted molar refractivity (Wildman–Crippen MR) is 66.7 cm³/mol. The molecule has 1 aliphatic heterocycles. The summed E-state index contributed by atoms with van der Waals surface area (Å²) in [5.74, 6) is -0.0612. The fraction of sp³-hybridized carbons (Fsp3) is 0.500. The van der Waals surface area contributed by atoms with E-state index < -0.39 is 0 Å². The molecule has 1 N–H and O–H groups in total. The molecule has 0 saturated carbocycles. The normalized spacial score (nSPS) is 23.6. The van der Waals surface area contributed by atoms with E-state index in [9.17, 15) is 4.79 Å². The van der Waals surface area contributed by atoms with Crippen LogP contribution in [0.5, 0.6) is 0 Å². The van der Waals surface area contributed by atoms with Gasteiger partial charge in [-0.25, -0.2) is 0 Å². The van der Waals surface area contributed by atoms with Crippen molar-refractivity contribution in [1.29, 1.82) is 0 Å². The van der Waals surface area contributed by atoms with Gasteiger partial charge < -0.3 is 10.1 Å². The van der Waals surface area contributed by atoms with Gasteiger partial charge in [0, 0.05) is 6.54 Å². The first-order chi connectivity index (χ1) is 8.27. The molecule has 0 amide bonds. The number of nitrogens with one attached hydrogen (secondary N) is 1. The third-order valence-corrected chi connectivity index (χ3v) is 3.34. The van der Waals surface area contributed by atoms with Crippen LogP contribution in [0.4, 0.5) is 0 Å². The molecule has 3 nitrogen and oxygen atoms in total. The Kier molecular flexibility index (Phi) is 3.79. The second kappa shape index (κ2) is 5.32. The van der Waals surface area contributed by atoms with Crippen LogP contribution in [-0.4, -0.2) is 25.7 Å². The van der Waals surface area contributed by atoms with Gasteiger partial charge in [0.15, 0.2) is 0 Å². The second-order valence-electron chi connectivity index (χ2n) is 4.59. The van der Waals surface area contributed by atoms with Gasteiger partial charge in [-0.15, -0.1) is 0 Å². The Labute approximate surface area is 102 Å². The number of hydrogen-bond acceptors (Lipinski definition) is 3. The van der Waals surface area contributed by atoms with Gasteiger partial charge in [-0.3, -0.25) is 4.79 Å². The first kappa shape index (κ1) is 12.1. The molecule has 1 aromatic rings. The third-order valence-electron chi connectivity index (χ3n) is 3.34. The van der Waals surface area contributed by atoms with Crippen molar-refractivity contribution < 1.29 is 9.53 Å². The zero-order valence-corrected chi connectivity index (χ0v) is 10.2. The van der Waals surface area contributed by atoms with Crippen molar-refractivity contribution in [3.05, 3.63) is 35.9 Å². The summed E-state index contributed by atoms with van der Waals surface area (Å²) < 4.78 is 5.22. The summed E-state index contributed by atoms with van der Waals surface area (Å²) in [5.41, 5.74) is 0.835. The van der Waals surface area contributed by atoms with E-state index in [1.165, 1.54) is 5.56 Å². The number of carbonyl (C=O) groups excluding carboxylic acids is 1. The van der Waals surface area contributed by atoms with Gasteiger partial charge >= 0.3 is 5.97 Å². The van der Waals surface area contributed by atoms with E-state index in [1.807, 2.05) is 25.1 Å². The average molecular weight is 233 g/mol. The van der Waals surface area contributed by atoms with Crippen molar-refractivity contribution in [2.75, 3.05) is 19.7 Å². The minimum atomic E-state index is -0.364. The number of benzene rings is 1. The lowest BCUT2D eigenvalue weighted by molar-refractivity contribution is -0.154. The molecule has 17 heavy (non-hydrogen) atoms. The molecule has 3 heteroatoms. The number of hydrogen-bond donors (Lipinski definition) is 1. The highest BCUT2D eigenvalue weighted by molar-refractivity contribution is 5.78.